The molecule has 7 nitrogen and oxygen atoms in total. The normalized spacial score (nSPS) is 15.3. The summed E-state index contributed by atoms with van der Waals surface area (Å²) in [6.45, 7) is 8.69. The maximum atomic E-state index is 5.25. The van der Waals surface area contributed by atoms with Gasteiger partial charge in [-0.25, -0.2) is 9.50 Å². The van der Waals surface area contributed by atoms with Gasteiger partial charge in [-0.05, 0) is 36.6 Å². The maximum absolute atomic E-state index is 5.25. The zero-order valence-electron chi connectivity index (χ0n) is 18.5. The van der Waals surface area contributed by atoms with Crippen LogP contribution in [-0.2, 0) is 4.74 Å². The number of aromatic nitrogens is 3. The summed E-state index contributed by atoms with van der Waals surface area (Å²) in [7, 11) is 3.90. The van der Waals surface area contributed by atoms with E-state index in [1.54, 1.807) is 7.11 Å². The highest BCUT2D eigenvalue weighted by molar-refractivity contribution is 5.79. The van der Waals surface area contributed by atoms with Gasteiger partial charge in [-0.3, -0.25) is 0 Å². The second-order valence-electron chi connectivity index (χ2n) is 8.04. The van der Waals surface area contributed by atoms with Crippen LogP contribution in [-0.4, -0.2) is 66.4 Å². The van der Waals surface area contributed by atoms with Crippen molar-refractivity contribution in [3.05, 3.63) is 55.0 Å². The average Bonchev–Trinajstić information content (AvgIpc) is 3.21. The quantitative estimate of drug-likeness (QED) is 0.691. The molecule has 0 saturated heterocycles. The van der Waals surface area contributed by atoms with Crippen molar-refractivity contribution in [1.29, 1.82) is 0 Å². The Bertz CT molecular complexity index is 1030. The second-order valence-corrected chi connectivity index (χ2v) is 8.04. The number of anilines is 2. The third-order valence-corrected chi connectivity index (χ3v) is 5.87. The smallest absolute Gasteiger partial charge is 0.165 e. The van der Waals surface area contributed by atoms with Crippen LogP contribution in [0.4, 0.5) is 11.5 Å². The molecule has 164 valence electrons. The predicted octanol–water partition coefficient (Wildman–Crippen LogP) is 3.89. The van der Waals surface area contributed by atoms with Crippen LogP contribution in [0.3, 0.4) is 0 Å². The van der Waals surface area contributed by atoms with Crippen LogP contribution < -0.4 is 10.2 Å². The highest BCUT2D eigenvalue weighted by Crippen LogP contribution is 2.28. The van der Waals surface area contributed by atoms with Gasteiger partial charge < -0.3 is 19.9 Å². The molecule has 0 atom stereocenters. The maximum Gasteiger partial charge on any atom is 0.165 e. The zero-order valence-corrected chi connectivity index (χ0v) is 18.5. The number of fused-ring (bicyclic) bond motifs is 4. The molecule has 0 saturated carbocycles. The fraction of sp³-hybridized carbons (Fsp3) is 0.417. The summed E-state index contributed by atoms with van der Waals surface area (Å²) in [5, 5.41) is 7.98. The Morgan fingerprint density at radius 2 is 2.06 bits per heavy atom. The summed E-state index contributed by atoms with van der Waals surface area (Å²) in [5.41, 5.74) is 5.38. The second kappa shape index (κ2) is 9.83. The molecule has 0 amide bonds. The number of rotatable bonds is 4. The third kappa shape index (κ3) is 4.99. The van der Waals surface area contributed by atoms with E-state index in [0.29, 0.717) is 6.61 Å². The molecule has 3 aromatic rings. The van der Waals surface area contributed by atoms with Gasteiger partial charge in [0.15, 0.2) is 5.65 Å². The van der Waals surface area contributed by atoms with Crippen molar-refractivity contribution in [3.8, 4) is 11.1 Å². The van der Waals surface area contributed by atoms with Crippen LogP contribution in [0.1, 0.15) is 19.3 Å². The minimum atomic E-state index is 0.698. The molecule has 0 radical (unpaired) electrons. The Labute approximate surface area is 184 Å². The van der Waals surface area contributed by atoms with E-state index in [2.05, 4.69) is 58.1 Å². The molecule has 1 aliphatic heterocycles. The molecule has 1 N–H and O–H groups in total. The van der Waals surface area contributed by atoms with Crippen molar-refractivity contribution >= 4 is 17.2 Å². The molecule has 0 aliphatic carbocycles. The average molecular weight is 421 g/mol. The standard InChI is InChI=1S/C24H32N6O/c1-19(10-16-31-3)29-13-5-4-12-28(2)21-8-6-7-20(17-21)22-18-26-30-14-9-23(25-11-15-29)27-24(22)30/h6-9,14,17-18H,1,4-5,10-13,15-16H2,2-3H3,(H,25,27). The van der Waals surface area contributed by atoms with E-state index in [9.17, 15) is 0 Å². The Balaban J connectivity index is 1.63. The summed E-state index contributed by atoms with van der Waals surface area (Å²) in [5.74, 6) is 0.858. The van der Waals surface area contributed by atoms with Gasteiger partial charge in [0.25, 0.3) is 0 Å². The highest BCUT2D eigenvalue weighted by atomic mass is 16.5. The van der Waals surface area contributed by atoms with Gasteiger partial charge in [-0.1, -0.05) is 18.7 Å². The van der Waals surface area contributed by atoms with E-state index in [-0.39, 0.29) is 0 Å². The Kier molecular flexibility index (Phi) is 6.72. The topological polar surface area (TPSA) is 57.9 Å². The van der Waals surface area contributed by atoms with E-state index < -0.39 is 0 Å². The van der Waals surface area contributed by atoms with Gasteiger partial charge in [0.05, 0.1) is 12.8 Å². The monoisotopic (exact) mass is 420 g/mol. The first-order valence-corrected chi connectivity index (χ1v) is 11.0. The molecular formula is C24H32N6O. The van der Waals surface area contributed by atoms with Crippen molar-refractivity contribution in [2.24, 2.45) is 0 Å². The number of nitrogens with zero attached hydrogens (tertiary/aromatic N) is 5. The molecule has 0 spiro atoms. The van der Waals surface area contributed by atoms with Crippen LogP contribution in [0.15, 0.2) is 55.0 Å². The van der Waals surface area contributed by atoms with E-state index >= 15 is 0 Å². The fourth-order valence-electron chi connectivity index (χ4n) is 3.99. The van der Waals surface area contributed by atoms with Crippen LogP contribution in [0.5, 0.6) is 0 Å². The number of methoxy groups -OCH3 is 1. The summed E-state index contributed by atoms with van der Waals surface area (Å²) < 4.78 is 7.08. The zero-order chi connectivity index (χ0) is 21.6. The van der Waals surface area contributed by atoms with E-state index in [4.69, 9.17) is 9.72 Å². The van der Waals surface area contributed by atoms with Crippen molar-refractivity contribution in [2.45, 2.75) is 19.3 Å². The van der Waals surface area contributed by atoms with Gasteiger partial charge in [-0.15, -0.1) is 0 Å². The lowest BCUT2D eigenvalue weighted by Crippen LogP contribution is -2.30. The van der Waals surface area contributed by atoms with Gasteiger partial charge in [0.1, 0.15) is 5.82 Å². The predicted molar refractivity (Wildman–Crippen MR) is 127 cm³/mol. The molecule has 4 rings (SSSR count). The summed E-state index contributed by atoms with van der Waals surface area (Å²) in [4.78, 5) is 9.55. The van der Waals surface area contributed by atoms with E-state index in [1.807, 2.05) is 23.0 Å². The number of ether oxygens (including phenoxy) is 1. The van der Waals surface area contributed by atoms with Crippen LogP contribution in [0.25, 0.3) is 16.8 Å². The molecule has 0 unspecified atom stereocenters. The minimum absolute atomic E-state index is 0.698. The number of benzene rings is 1. The third-order valence-electron chi connectivity index (χ3n) is 5.87. The Morgan fingerprint density at radius 1 is 1.19 bits per heavy atom. The first-order valence-electron chi connectivity index (χ1n) is 11.0. The highest BCUT2D eigenvalue weighted by Gasteiger charge is 2.13. The van der Waals surface area contributed by atoms with Crippen LogP contribution in [0, 0.1) is 0 Å². The van der Waals surface area contributed by atoms with E-state index in [0.717, 1.165) is 73.7 Å². The number of hydrogen-bond acceptors (Lipinski definition) is 6. The Hall–Kier alpha value is -3.06. The summed E-state index contributed by atoms with van der Waals surface area (Å²) in [6.07, 6.45) is 6.96. The first-order chi connectivity index (χ1) is 15.2. The SMILES string of the molecule is C=C(CCOC)N1CCCCN(C)c2cccc(c2)-c2cnn3ccc(nc23)NCC1. The molecule has 1 aromatic carbocycles. The van der Waals surface area contributed by atoms with Crippen molar-refractivity contribution in [1.82, 2.24) is 19.5 Å². The largest absolute Gasteiger partial charge is 0.384 e. The molecule has 31 heavy (non-hydrogen) atoms. The van der Waals surface area contributed by atoms with Gasteiger partial charge in [-0.2, -0.15) is 5.10 Å². The first kappa shape index (κ1) is 21.2. The molecule has 7 heteroatoms. The molecule has 2 aromatic heterocycles. The molecular weight excluding hydrogens is 388 g/mol. The lowest BCUT2D eigenvalue weighted by Gasteiger charge is -2.28. The molecule has 1 aliphatic rings. The van der Waals surface area contributed by atoms with Crippen LogP contribution >= 0.6 is 0 Å². The molecule has 0 fully saturated rings. The summed E-state index contributed by atoms with van der Waals surface area (Å²) in [6, 6.07) is 10.6. The van der Waals surface area contributed by atoms with Gasteiger partial charge >= 0.3 is 0 Å². The van der Waals surface area contributed by atoms with Crippen LogP contribution in [0.2, 0.25) is 0 Å². The fourth-order valence-corrected chi connectivity index (χ4v) is 3.99. The molecule has 4 bridgehead atoms. The number of nitrogens with one attached hydrogen (secondary N) is 1. The summed E-state index contributed by atoms with van der Waals surface area (Å²) >= 11 is 0. The van der Waals surface area contributed by atoms with Gasteiger partial charge in [0, 0.05) is 69.9 Å². The van der Waals surface area contributed by atoms with E-state index in [1.165, 1.54) is 5.69 Å². The van der Waals surface area contributed by atoms with Crippen molar-refractivity contribution < 1.29 is 4.74 Å². The van der Waals surface area contributed by atoms with Gasteiger partial charge in [0.2, 0.25) is 0 Å². The Morgan fingerprint density at radius 3 is 2.94 bits per heavy atom. The lowest BCUT2D eigenvalue weighted by atomic mass is 10.1. The number of hydrogen-bond donors (Lipinski definition) is 1. The molecule has 3 heterocycles. The van der Waals surface area contributed by atoms with Crippen molar-refractivity contribution in [2.75, 3.05) is 57.2 Å². The minimum Gasteiger partial charge on any atom is -0.384 e. The van der Waals surface area contributed by atoms with Crippen molar-refractivity contribution in [3.63, 3.8) is 0 Å². The lowest BCUT2D eigenvalue weighted by molar-refractivity contribution is 0.191.